The van der Waals surface area contributed by atoms with Gasteiger partial charge in [0.2, 0.25) is 5.91 Å². The fraction of sp³-hybridized carbons (Fsp3) is 0.278. The molecular weight excluding hydrogens is 262 g/mol. The van der Waals surface area contributed by atoms with Crippen LogP contribution in [0.1, 0.15) is 37.0 Å². The summed E-state index contributed by atoms with van der Waals surface area (Å²) in [7, 11) is 0. The van der Waals surface area contributed by atoms with Gasteiger partial charge in [0.15, 0.2) is 0 Å². The number of aryl methyl sites for hydroxylation is 1. The molecule has 21 heavy (non-hydrogen) atoms. The second kappa shape index (κ2) is 7.60. The van der Waals surface area contributed by atoms with Crippen molar-refractivity contribution in [3.05, 3.63) is 65.7 Å². The first-order valence-corrected chi connectivity index (χ1v) is 7.27. The minimum atomic E-state index is -0.528. The summed E-state index contributed by atoms with van der Waals surface area (Å²) in [6, 6.07) is 17.5. The number of amides is 1. The zero-order chi connectivity index (χ0) is 15.1. The molecule has 2 aromatic rings. The van der Waals surface area contributed by atoms with Gasteiger partial charge in [-0.15, -0.1) is 0 Å². The molecule has 0 heterocycles. The number of rotatable bonds is 6. The van der Waals surface area contributed by atoms with Gasteiger partial charge in [0.05, 0.1) is 6.10 Å². The molecule has 1 amide bonds. The van der Waals surface area contributed by atoms with Crippen molar-refractivity contribution in [2.24, 2.45) is 0 Å². The van der Waals surface area contributed by atoms with Crippen molar-refractivity contribution in [1.82, 2.24) is 0 Å². The molecule has 3 nitrogen and oxygen atoms in total. The SMILES string of the molecule is C[C@H](O)c1cccc(NC(=O)CCCc2ccccc2)c1. The highest BCUT2D eigenvalue weighted by Gasteiger charge is 2.05. The maximum Gasteiger partial charge on any atom is 0.224 e. The fourth-order valence-corrected chi connectivity index (χ4v) is 2.20. The first-order chi connectivity index (χ1) is 10.1. The topological polar surface area (TPSA) is 49.3 Å². The summed E-state index contributed by atoms with van der Waals surface area (Å²) >= 11 is 0. The molecule has 0 fully saturated rings. The normalized spacial score (nSPS) is 11.9. The highest BCUT2D eigenvalue weighted by Crippen LogP contribution is 2.17. The maximum atomic E-state index is 11.9. The Morgan fingerprint density at radius 2 is 1.90 bits per heavy atom. The van der Waals surface area contributed by atoms with Crippen molar-refractivity contribution in [2.45, 2.75) is 32.3 Å². The molecule has 2 rings (SSSR count). The number of carbonyl (C=O) groups excluding carboxylic acids is 1. The summed E-state index contributed by atoms with van der Waals surface area (Å²) in [6.07, 6.45) is 1.70. The average molecular weight is 283 g/mol. The van der Waals surface area contributed by atoms with Crippen LogP contribution in [0.25, 0.3) is 0 Å². The lowest BCUT2D eigenvalue weighted by molar-refractivity contribution is -0.116. The first kappa shape index (κ1) is 15.3. The predicted molar refractivity (Wildman–Crippen MR) is 85.1 cm³/mol. The molecule has 1 atom stereocenters. The van der Waals surface area contributed by atoms with Gasteiger partial charge in [-0.05, 0) is 43.0 Å². The Morgan fingerprint density at radius 3 is 2.62 bits per heavy atom. The van der Waals surface area contributed by atoms with Crippen molar-refractivity contribution in [2.75, 3.05) is 5.32 Å². The van der Waals surface area contributed by atoms with Crippen LogP contribution in [-0.4, -0.2) is 11.0 Å². The van der Waals surface area contributed by atoms with Crippen molar-refractivity contribution < 1.29 is 9.90 Å². The van der Waals surface area contributed by atoms with E-state index in [1.807, 2.05) is 36.4 Å². The minimum absolute atomic E-state index is 0.00803. The first-order valence-electron chi connectivity index (χ1n) is 7.27. The number of hydrogen-bond donors (Lipinski definition) is 2. The zero-order valence-corrected chi connectivity index (χ0v) is 12.3. The van der Waals surface area contributed by atoms with Crippen LogP contribution >= 0.6 is 0 Å². The Morgan fingerprint density at radius 1 is 1.14 bits per heavy atom. The van der Waals surface area contributed by atoms with Crippen LogP contribution in [0.5, 0.6) is 0 Å². The second-order valence-electron chi connectivity index (χ2n) is 5.19. The third-order valence-electron chi connectivity index (χ3n) is 3.36. The summed E-state index contributed by atoms with van der Waals surface area (Å²) in [4.78, 5) is 11.9. The van der Waals surface area contributed by atoms with Gasteiger partial charge in [-0.3, -0.25) is 4.79 Å². The Kier molecular flexibility index (Phi) is 5.52. The van der Waals surface area contributed by atoms with E-state index in [9.17, 15) is 9.90 Å². The van der Waals surface area contributed by atoms with E-state index in [-0.39, 0.29) is 5.91 Å². The molecule has 0 saturated heterocycles. The van der Waals surface area contributed by atoms with Gasteiger partial charge in [-0.2, -0.15) is 0 Å². The van der Waals surface area contributed by atoms with Crippen LogP contribution in [0.3, 0.4) is 0 Å². The minimum Gasteiger partial charge on any atom is -0.389 e. The third kappa shape index (κ3) is 5.04. The van der Waals surface area contributed by atoms with Crippen LogP contribution in [0, 0.1) is 0 Å². The molecule has 0 aromatic heterocycles. The van der Waals surface area contributed by atoms with E-state index in [1.54, 1.807) is 13.0 Å². The van der Waals surface area contributed by atoms with E-state index < -0.39 is 6.10 Å². The lowest BCUT2D eigenvalue weighted by atomic mass is 10.1. The van der Waals surface area contributed by atoms with Gasteiger partial charge in [-0.25, -0.2) is 0 Å². The van der Waals surface area contributed by atoms with Crippen LogP contribution < -0.4 is 5.32 Å². The molecule has 0 radical (unpaired) electrons. The molecule has 2 aromatic carbocycles. The maximum absolute atomic E-state index is 11.9. The van der Waals surface area contributed by atoms with Gasteiger partial charge in [0.25, 0.3) is 0 Å². The smallest absolute Gasteiger partial charge is 0.224 e. The van der Waals surface area contributed by atoms with Crippen molar-refractivity contribution in [1.29, 1.82) is 0 Å². The van der Waals surface area contributed by atoms with E-state index >= 15 is 0 Å². The molecular formula is C18H21NO2. The largest absolute Gasteiger partial charge is 0.389 e. The molecule has 0 bridgehead atoms. The quantitative estimate of drug-likeness (QED) is 0.849. The molecule has 0 spiro atoms. The average Bonchev–Trinajstić information content (AvgIpc) is 2.48. The van der Waals surface area contributed by atoms with Gasteiger partial charge in [0, 0.05) is 12.1 Å². The van der Waals surface area contributed by atoms with E-state index in [1.165, 1.54) is 5.56 Å². The summed E-state index contributed by atoms with van der Waals surface area (Å²) in [6.45, 7) is 1.71. The standard InChI is InChI=1S/C18H21NO2/c1-14(20)16-10-6-11-17(13-16)19-18(21)12-5-9-15-7-3-2-4-8-15/h2-4,6-8,10-11,13-14,20H,5,9,12H2,1H3,(H,19,21)/t14-/m0/s1. The number of anilines is 1. The van der Waals surface area contributed by atoms with Gasteiger partial charge in [0.1, 0.15) is 0 Å². The van der Waals surface area contributed by atoms with Crippen LogP contribution in [0.4, 0.5) is 5.69 Å². The number of hydrogen-bond acceptors (Lipinski definition) is 2. The summed E-state index contributed by atoms with van der Waals surface area (Å²) < 4.78 is 0. The van der Waals surface area contributed by atoms with E-state index in [0.717, 1.165) is 24.1 Å². The van der Waals surface area contributed by atoms with E-state index in [4.69, 9.17) is 0 Å². The summed E-state index contributed by atoms with van der Waals surface area (Å²) in [5, 5.41) is 12.4. The van der Waals surface area contributed by atoms with E-state index in [0.29, 0.717) is 6.42 Å². The molecule has 2 N–H and O–H groups in total. The fourth-order valence-electron chi connectivity index (χ4n) is 2.20. The van der Waals surface area contributed by atoms with Crippen LogP contribution in [-0.2, 0) is 11.2 Å². The van der Waals surface area contributed by atoms with Gasteiger partial charge in [-0.1, -0.05) is 42.5 Å². The predicted octanol–water partition coefficient (Wildman–Crippen LogP) is 3.70. The molecule has 0 unspecified atom stereocenters. The van der Waals surface area contributed by atoms with Gasteiger partial charge < -0.3 is 10.4 Å². The Balaban J connectivity index is 1.80. The second-order valence-corrected chi connectivity index (χ2v) is 5.19. The molecule has 0 aliphatic carbocycles. The molecule has 0 saturated carbocycles. The Labute approximate surface area is 125 Å². The number of aliphatic hydroxyl groups is 1. The van der Waals surface area contributed by atoms with E-state index in [2.05, 4.69) is 17.4 Å². The lowest BCUT2D eigenvalue weighted by Crippen LogP contribution is -2.11. The van der Waals surface area contributed by atoms with Crippen molar-refractivity contribution in [3.63, 3.8) is 0 Å². The Hall–Kier alpha value is -2.13. The number of aliphatic hydroxyl groups excluding tert-OH is 1. The van der Waals surface area contributed by atoms with Crippen LogP contribution in [0.15, 0.2) is 54.6 Å². The molecule has 3 heteroatoms. The highest BCUT2D eigenvalue weighted by molar-refractivity contribution is 5.90. The molecule has 0 aliphatic rings. The number of carbonyl (C=O) groups is 1. The summed E-state index contributed by atoms with van der Waals surface area (Å²) in [5.74, 6) is 0.00803. The molecule has 110 valence electrons. The monoisotopic (exact) mass is 283 g/mol. The van der Waals surface area contributed by atoms with Crippen LogP contribution in [0.2, 0.25) is 0 Å². The third-order valence-corrected chi connectivity index (χ3v) is 3.36. The van der Waals surface area contributed by atoms with Gasteiger partial charge >= 0.3 is 0 Å². The number of benzene rings is 2. The number of nitrogens with one attached hydrogen (secondary N) is 1. The Bertz CT molecular complexity index is 579. The summed E-state index contributed by atoms with van der Waals surface area (Å²) in [5.41, 5.74) is 2.79. The molecule has 0 aliphatic heterocycles. The lowest BCUT2D eigenvalue weighted by Gasteiger charge is -2.09. The van der Waals surface area contributed by atoms with Crippen molar-refractivity contribution in [3.8, 4) is 0 Å². The van der Waals surface area contributed by atoms with Crippen molar-refractivity contribution >= 4 is 11.6 Å². The highest BCUT2D eigenvalue weighted by atomic mass is 16.3. The zero-order valence-electron chi connectivity index (χ0n) is 12.3.